The summed E-state index contributed by atoms with van der Waals surface area (Å²) in [5, 5.41) is 7.24. The van der Waals surface area contributed by atoms with Crippen molar-refractivity contribution in [2.24, 2.45) is 0 Å². The second-order valence-corrected chi connectivity index (χ2v) is 7.09. The predicted molar refractivity (Wildman–Crippen MR) is 99.4 cm³/mol. The summed E-state index contributed by atoms with van der Waals surface area (Å²) >= 11 is 8.97. The molecule has 0 bridgehead atoms. The predicted octanol–water partition coefficient (Wildman–Crippen LogP) is 4.26. The van der Waals surface area contributed by atoms with Gasteiger partial charge in [0.25, 0.3) is 0 Å². The van der Waals surface area contributed by atoms with Crippen LogP contribution >= 0.6 is 46.1 Å². The largest absolute Gasteiger partial charge is 0.465 e. The molecule has 0 amide bonds. The third-order valence-electron chi connectivity index (χ3n) is 2.59. The molecule has 2 N–H and O–H groups in total. The highest BCUT2D eigenvalue weighted by atomic mass is 127. The molecular formula is C14H13IN2O2S2. The summed E-state index contributed by atoms with van der Waals surface area (Å²) in [7, 11) is 1.36. The van der Waals surface area contributed by atoms with E-state index < -0.39 is 0 Å². The number of methoxy groups -OCH3 is 1. The molecule has 0 unspecified atom stereocenters. The number of hydrogen-bond acceptors (Lipinski definition) is 4. The zero-order valence-electron chi connectivity index (χ0n) is 11.4. The van der Waals surface area contributed by atoms with Gasteiger partial charge in [-0.15, -0.1) is 11.3 Å². The second kappa shape index (κ2) is 7.19. The van der Waals surface area contributed by atoms with Crippen LogP contribution < -0.4 is 10.6 Å². The molecule has 1 aromatic carbocycles. The third-order valence-corrected chi connectivity index (χ3v) is 4.48. The van der Waals surface area contributed by atoms with Crippen molar-refractivity contribution < 1.29 is 9.53 Å². The molecule has 7 heteroatoms. The smallest absolute Gasteiger partial charge is 0.340 e. The molecule has 0 saturated heterocycles. The first-order valence-corrected chi connectivity index (χ1v) is 8.32. The molecule has 0 spiro atoms. The van der Waals surface area contributed by atoms with Crippen LogP contribution in [0, 0.1) is 10.5 Å². The molecule has 21 heavy (non-hydrogen) atoms. The fraction of sp³-hybridized carbons (Fsp3) is 0.143. The minimum Gasteiger partial charge on any atom is -0.465 e. The number of thiocarbonyl (C=S) groups is 1. The Balaban J connectivity index is 2.09. The molecule has 2 aromatic rings. The molecule has 0 aliphatic carbocycles. The van der Waals surface area contributed by atoms with E-state index in [9.17, 15) is 4.79 Å². The third kappa shape index (κ3) is 4.39. The number of thiophene rings is 1. The van der Waals surface area contributed by atoms with E-state index in [1.807, 2.05) is 31.2 Å². The van der Waals surface area contributed by atoms with Gasteiger partial charge in [-0.3, -0.25) is 0 Å². The number of nitrogens with one attached hydrogen (secondary N) is 2. The zero-order chi connectivity index (χ0) is 15.4. The summed E-state index contributed by atoms with van der Waals surface area (Å²) in [6.07, 6.45) is 0. The number of benzene rings is 1. The SMILES string of the molecule is COC(=O)c1cc(C)sc1NC(=S)Nc1ccc(I)cc1. The molecular weight excluding hydrogens is 419 g/mol. The van der Waals surface area contributed by atoms with Crippen LogP contribution in [-0.2, 0) is 4.74 Å². The van der Waals surface area contributed by atoms with Gasteiger partial charge in [-0.25, -0.2) is 4.79 Å². The number of halogens is 1. The van der Waals surface area contributed by atoms with E-state index in [-0.39, 0.29) is 5.97 Å². The topological polar surface area (TPSA) is 50.4 Å². The Hall–Kier alpha value is -1.19. The van der Waals surface area contributed by atoms with Gasteiger partial charge in [0.05, 0.1) is 12.7 Å². The zero-order valence-corrected chi connectivity index (χ0v) is 15.2. The van der Waals surface area contributed by atoms with Crippen LogP contribution in [0.15, 0.2) is 30.3 Å². The standard InChI is InChI=1S/C14H13IN2O2S2/c1-8-7-11(13(18)19-2)12(21-8)17-14(20)16-10-5-3-9(15)4-6-10/h3-7H,1-2H3,(H2,16,17,20). The monoisotopic (exact) mass is 432 g/mol. The van der Waals surface area contributed by atoms with Crippen LogP contribution in [0.25, 0.3) is 0 Å². The fourth-order valence-electron chi connectivity index (χ4n) is 1.67. The van der Waals surface area contributed by atoms with Crippen LogP contribution in [0.2, 0.25) is 0 Å². The van der Waals surface area contributed by atoms with E-state index in [4.69, 9.17) is 17.0 Å². The summed E-state index contributed by atoms with van der Waals surface area (Å²) in [5.41, 5.74) is 1.38. The Labute approximate surface area is 146 Å². The Kier molecular flexibility index (Phi) is 5.54. The number of ether oxygens (including phenoxy) is 1. The van der Waals surface area contributed by atoms with Crippen molar-refractivity contribution in [1.82, 2.24) is 0 Å². The highest BCUT2D eigenvalue weighted by molar-refractivity contribution is 14.1. The number of anilines is 2. The van der Waals surface area contributed by atoms with Crippen LogP contribution in [0.5, 0.6) is 0 Å². The number of esters is 1. The van der Waals surface area contributed by atoms with Crippen molar-refractivity contribution in [3.63, 3.8) is 0 Å². The van der Waals surface area contributed by atoms with Gasteiger partial charge >= 0.3 is 5.97 Å². The van der Waals surface area contributed by atoms with Gasteiger partial charge < -0.3 is 15.4 Å². The maximum absolute atomic E-state index is 11.7. The minimum atomic E-state index is -0.376. The van der Waals surface area contributed by atoms with Crippen molar-refractivity contribution in [3.05, 3.63) is 44.3 Å². The molecule has 0 aliphatic heterocycles. The van der Waals surface area contributed by atoms with E-state index >= 15 is 0 Å². The Bertz CT molecular complexity index is 668. The Morgan fingerprint density at radius 2 is 1.95 bits per heavy atom. The van der Waals surface area contributed by atoms with E-state index in [1.165, 1.54) is 18.4 Å². The molecule has 4 nitrogen and oxygen atoms in total. The van der Waals surface area contributed by atoms with E-state index in [0.29, 0.717) is 15.7 Å². The first-order chi connectivity index (χ1) is 9.99. The van der Waals surface area contributed by atoms with Crippen molar-refractivity contribution in [3.8, 4) is 0 Å². The number of carbonyl (C=O) groups is 1. The quantitative estimate of drug-likeness (QED) is 0.432. The van der Waals surface area contributed by atoms with E-state index in [0.717, 1.165) is 14.1 Å². The highest BCUT2D eigenvalue weighted by Crippen LogP contribution is 2.28. The van der Waals surface area contributed by atoms with Crippen molar-refractivity contribution in [2.75, 3.05) is 17.7 Å². The Morgan fingerprint density at radius 1 is 1.29 bits per heavy atom. The number of rotatable bonds is 3. The maximum Gasteiger partial charge on any atom is 0.340 e. The lowest BCUT2D eigenvalue weighted by molar-refractivity contribution is 0.0602. The van der Waals surface area contributed by atoms with Gasteiger partial charge in [0, 0.05) is 14.1 Å². The normalized spacial score (nSPS) is 10.0. The van der Waals surface area contributed by atoms with Gasteiger partial charge in [0.15, 0.2) is 5.11 Å². The van der Waals surface area contributed by atoms with Gasteiger partial charge in [0.2, 0.25) is 0 Å². The average Bonchev–Trinajstić information content (AvgIpc) is 2.81. The minimum absolute atomic E-state index is 0.376. The number of hydrogen-bond donors (Lipinski definition) is 2. The number of aryl methyl sites for hydroxylation is 1. The van der Waals surface area contributed by atoms with Gasteiger partial charge in [-0.2, -0.15) is 0 Å². The first kappa shape index (κ1) is 16.2. The fourth-order valence-corrected chi connectivity index (χ4v) is 3.22. The molecule has 1 heterocycles. The van der Waals surface area contributed by atoms with Crippen LogP contribution in [0.4, 0.5) is 10.7 Å². The molecule has 0 fully saturated rings. The molecule has 110 valence electrons. The van der Waals surface area contributed by atoms with Gasteiger partial charge in [-0.05, 0) is 72.1 Å². The first-order valence-electron chi connectivity index (χ1n) is 6.02. The molecule has 0 aliphatic rings. The van der Waals surface area contributed by atoms with Crippen molar-refractivity contribution in [1.29, 1.82) is 0 Å². The Morgan fingerprint density at radius 3 is 2.57 bits per heavy atom. The van der Waals surface area contributed by atoms with Crippen LogP contribution in [-0.4, -0.2) is 18.2 Å². The van der Waals surface area contributed by atoms with E-state index in [1.54, 1.807) is 6.07 Å². The molecule has 0 radical (unpaired) electrons. The lowest BCUT2D eigenvalue weighted by atomic mass is 10.3. The van der Waals surface area contributed by atoms with Crippen LogP contribution in [0.3, 0.4) is 0 Å². The molecule has 0 atom stereocenters. The maximum atomic E-state index is 11.7. The summed E-state index contributed by atoms with van der Waals surface area (Å²) < 4.78 is 5.92. The van der Waals surface area contributed by atoms with E-state index in [2.05, 4.69) is 33.2 Å². The summed E-state index contributed by atoms with van der Waals surface area (Å²) in [5.74, 6) is -0.376. The molecule has 0 saturated carbocycles. The summed E-state index contributed by atoms with van der Waals surface area (Å²) in [4.78, 5) is 12.7. The highest BCUT2D eigenvalue weighted by Gasteiger charge is 2.16. The average molecular weight is 432 g/mol. The number of carbonyl (C=O) groups excluding carboxylic acids is 1. The summed E-state index contributed by atoms with van der Waals surface area (Å²) in [6, 6.07) is 9.64. The van der Waals surface area contributed by atoms with Crippen molar-refractivity contribution in [2.45, 2.75) is 6.92 Å². The summed E-state index contributed by atoms with van der Waals surface area (Å²) in [6.45, 7) is 1.93. The lowest BCUT2D eigenvalue weighted by Gasteiger charge is -2.10. The van der Waals surface area contributed by atoms with Crippen molar-refractivity contribution >= 4 is 67.9 Å². The van der Waals surface area contributed by atoms with Gasteiger partial charge in [-0.1, -0.05) is 0 Å². The van der Waals surface area contributed by atoms with Crippen LogP contribution in [0.1, 0.15) is 15.2 Å². The van der Waals surface area contributed by atoms with Gasteiger partial charge in [0.1, 0.15) is 5.00 Å². The lowest BCUT2D eigenvalue weighted by Crippen LogP contribution is -2.19. The molecule has 2 rings (SSSR count). The second-order valence-electron chi connectivity index (χ2n) is 4.18. The molecule has 1 aromatic heterocycles.